The van der Waals surface area contributed by atoms with Crippen LogP contribution < -0.4 is 5.32 Å². The summed E-state index contributed by atoms with van der Waals surface area (Å²) < 4.78 is 5.10. The third-order valence-corrected chi connectivity index (χ3v) is 13.1. The van der Waals surface area contributed by atoms with Crippen molar-refractivity contribution in [1.82, 2.24) is 15.1 Å². The highest BCUT2D eigenvalue weighted by molar-refractivity contribution is 7.99. The molecule has 56 heavy (non-hydrogen) atoms. The molecule has 3 saturated heterocycles. The quantitative estimate of drug-likeness (QED) is 0.163. The van der Waals surface area contributed by atoms with E-state index in [-0.39, 0.29) is 35.3 Å². The first-order valence-electron chi connectivity index (χ1n) is 20.6. The number of nitrogens with zero attached hydrogens (tertiary/aromatic N) is 2. The molecule has 10 heteroatoms. The number of rotatable bonds is 15. The largest absolute Gasteiger partial charge is 0.467 e. The molecule has 9 nitrogen and oxygen atoms in total. The first-order chi connectivity index (χ1) is 27.3. The second-order valence-electron chi connectivity index (χ2n) is 15.7. The third-order valence-electron chi connectivity index (χ3n) is 11.8. The summed E-state index contributed by atoms with van der Waals surface area (Å²) in [4.78, 5) is 73.3. The highest BCUT2D eigenvalue weighted by Gasteiger charge is 2.44. The number of thioether (sulfide) groups is 1. The van der Waals surface area contributed by atoms with Gasteiger partial charge in [-0.25, -0.2) is 4.79 Å². The fraction of sp³-hybridized carbons (Fsp3) is 0.500. The van der Waals surface area contributed by atoms with Gasteiger partial charge in [-0.05, 0) is 86.7 Å². The maximum absolute atomic E-state index is 14.4. The number of nitrogens with one attached hydrogen (secondary N) is 1. The van der Waals surface area contributed by atoms with Crippen LogP contribution in [0.25, 0.3) is 0 Å². The molecule has 3 fully saturated rings. The maximum atomic E-state index is 14.4. The summed E-state index contributed by atoms with van der Waals surface area (Å²) in [5, 5.41) is 3.10. The molecule has 0 radical (unpaired) electrons. The number of esters is 1. The molecule has 0 aromatic heterocycles. The summed E-state index contributed by atoms with van der Waals surface area (Å²) in [7, 11) is 1.36. The van der Waals surface area contributed by atoms with Gasteiger partial charge in [0.1, 0.15) is 17.9 Å². The molecule has 3 heterocycles. The molecule has 1 N–H and O–H groups in total. The van der Waals surface area contributed by atoms with Gasteiger partial charge in [0.15, 0.2) is 0 Å². The average Bonchev–Trinajstić information content (AvgIpc) is 3.38. The van der Waals surface area contributed by atoms with Gasteiger partial charge in [0, 0.05) is 37.3 Å². The van der Waals surface area contributed by atoms with Gasteiger partial charge in [-0.15, -0.1) is 11.8 Å². The third kappa shape index (κ3) is 11.1. The second kappa shape index (κ2) is 20.6. The van der Waals surface area contributed by atoms with Gasteiger partial charge in [0.25, 0.3) is 0 Å². The molecule has 6 atom stereocenters. The number of hydrogen-bond donors (Lipinski definition) is 1. The molecule has 3 aromatic carbocycles. The Hall–Kier alpha value is -4.44. The molecule has 0 bridgehead atoms. The Bertz CT molecular complexity index is 1760. The van der Waals surface area contributed by atoms with Crippen LogP contribution in [0.5, 0.6) is 0 Å². The van der Waals surface area contributed by atoms with E-state index in [2.05, 4.69) is 5.32 Å². The number of carbonyl (C=O) groups excluding carboxylic acids is 5. The molecule has 298 valence electrons. The summed E-state index contributed by atoms with van der Waals surface area (Å²) in [6.07, 6.45) is 8.18. The molecule has 0 spiro atoms. The predicted molar refractivity (Wildman–Crippen MR) is 219 cm³/mol. The lowest BCUT2D eigenvalue weighted by atomic mass is 9.82. The van der Waals surface area contributed by atoms with E-state index in [1.165, 1.54) is 7.11 Å². The number of carbonyl (C=O) groups is 5. The number of ether oxygens (including phenoxy) is 1. The summed E-state index contributed by atoms with van der Waals surface area (Å²) in [5.74, 6) is -1.39. The van der Waals surface area contributed by atoms with Gasteiger partial charge >= 0.3 is 5.97 Å². The number of fused-ring (bicyclic) bond motifs is 1. The van der Waals surface area contributed by atoms with Crippen molar-refractivity contribution in [1.29, 1.82) is 0 Å². The van der Waals surface area contributed by atoms with E-state index >= 15 is 0 Å². The minimum absolute atomic E-state index is 0.00731. The van der Waals surface area contributed by atoms with Gasteiger partial charge in [-0.3, -0.25) is 19.2 Å². The highest BCUT2D eigenvalue weighted by atomic mass is 32.2. The van der Waals surface area contributed by atoms with E-state index < -0.39 is 35.8 Å². The zero-order valence-corrected chi connectivity index (χ0v) is 33.5. The zero-order valence-electron chi connectivity index (χ0n) is 32.7. The summed E-state index contributed by atoms with van der Waals surface area (Å²) >= 11 is 1.70. The fourth-order valence-electron chi connectivity index (χ4n) is 8.64. The average molecular weight is 780 g/mol. The Morgan fingerprint density at radius 2 is 1.36 bits per heavy atom. The molecule has 3 aliphatic rings. The number of piperidine rings is 1. The number of likely N-dealkylation sites (tertiary alicyclic amines) is 1. The number of hydrogen-bond acceptors (Lipinski definition) is 7. The maximum Gasteiger partial charge on any atom is 0.328 e. The van der Waals surface area contributed by atoms with Crippen molar-refractivity contribution >= 4 is 41.2 Å². The Balaban J connectivity index is 1.19. The van der Waals surface area contributed by atoms with Gasteiger partial charge in [-0.1, -0.05) is 104 Å². The molecule has 1 unspecified atom stereocenters. The number of Topliss-reactive ketones (excluding diaryl/α,β-unsaturated/α-hetero) is 1. The van der Waals surface area contributed by atoms with E-state index in [9.17, 15) is 24.0 Å². The fourth-order valence-corrected chi connectivity index (χ4v) is 10.1. The van der Waals surface area contributed by atoms with Gasteiger partial charge in [0.05, 0.1) is 12.5 Å². The molecular formula is C46H57N3O6S. The number of methoxy groups -OCH3 is 1. The first kappa shape index (κ1) is 41.2. The van der Waals surface area contributed by atoms with Crippen LogP contribution in [0.3, 0.4) is 0 Å². The van der Waals surface area contributed by atoms with E-state index in [0.717, 1.165) is 54.5 Å². The Morgan fingerprint density at radius 3 is 2.02 bits per heavy atom. The number of benzene rings is 3. The van der Waals surface area contributed by atoms with Gasteiger partial charge in [0.2, 0.25) is 17.7 Å². The molecule has 6 rings (SSSR count). The Morgan fingerprint density at radius 1 is 0.732 bits per heavy atom. The van der Waals surface area contributed by atoms with Crippen LogP contribution in [0.15, 0.2) is 91.0 Å². The van der Waals surface area contributed by atoms with Crippen LogP contribution in [-0.2, 0) is 48.1 Å². The Labute approximate surface area is 336 Å². The summed E-state index contributed by atoms with van der Waals surface area (Å²) in [6, 6.07) is 28.6. The topological polar surface area (TPSA) is 113 Å². The monoisotopic (exact) mass is 779 g/mol. The van der Waals surface area contributed by atoms with Crippen molar-refractivity contribution < 1.29 is 28.7 Å². The molecular weight excluding hydrogens is 723 g/mol. The van der Waals surface area contributed by atoms with Crippen LogP contribution in [0, 0.1) is 17.8 Å². The van der Waals surface area contributed by atoms with Crippen LogP contribution in [0.4, 0.5) is 0 Å². The summed E-state index contributed by atoms with van der Waals surface area (Å²) in [5.41, 5.74) is 3.11. The lowest BCUT2D eigenvalue weighted by molar-refractivity contribution is -0.157. The van der Waals surface area contributed by atoms with Crippen molar-refractivity contribution in [3.05, 3.63) is 108 Å². The van der Waals surface area contributed by atoms with Crippen molar-refractivity contribution in [2.24, 2.45) is 17.8 Å². The van der Waals surface area contributed by atoms with Gasteiger partial charge < -0.3 is 19.9 Å². The van der Waals surface area contributed by atoms with Crippen molar-refractivity contribution in [2.75, 3.05) is 19.4 Å². The molecule has 3 aromatic rings. The van der Waals surface area contributed by atoms with E-state index in [4.69, 9.17) is 4.74 Å². The zero-order chi connectivity index (χ0) is 39.3. The normalized spacial score (nSPS) is 22.8. The van der Waals surface area contributed by atoms with Crippen LogP contribution in [0.2, 0.25) is 0 Å². The van der Waals surface area contributed by atoms with Crippen LogP contribution >= 0.6 is 11.8 Å². The highest BCUT2D eigenvalue weighted by Crippen LogP contribution is 2.38. The van der Waals surface area contributed by atoms with E-state index in [1.54, 1.807) is 16.7 Å². The first-order valence-corrected chi connectivity index (χ1v) is 21.6. The Kier molecular flexibility index (Phi) is 15.2. The molecule has 3 aliphatic heterocycles. The van der Waals surface area contributed by atoms with E-state index in [1.807, 2.05) is 95.9 Å². The molecule has 3 amide bonds. The SMILES string of the molecule is COC(=O)[C@@H]1CCC[C@@H]2SCC[C@H](CC(=O)[C@H](CC[C@H](Cc3ccccc3)C(=O)NC3CCCCCN(Cc4ccccc4)C3=O)Cc3ccccc3)C(=O)N21. The lowest BCUT2D eigenvalue weighted by Gasteiger charge is -2.40. The number of ketones is 1. The second-order valence-corrected chi connectivity index (χ2v) is 17.0. The minimum atomic E-state index is -0.623. The lowest BCUT2D eigenvalue weighted by Crippen LogP contribution is -2.53. The smallest absolute Gasteiger partial charge is 0.328 e. The molecule has 0 saturated carbocycles. The van der Waals surface area contributed by atoms with Crippen LogP contribution in [-0.4, -0.2) is 76.1 Å². The van der Waals surface area contributed by atoms with Crippen molar-refractivity contribution in [3.8, 4) is 0 Å². The summed E-state index contributed by atoms with van der Waals surface area (Å²) in [6.45, 7) is 1.16. The van der Waals surface area contributed by atoms with Crippen molar-refractivity contribution in [2.45, 2.75) is 107 Å². The van der Waals surface area contributed by atoms with Crippen LogP contribution in [0.1, 0.15) is 87.3 Å². The molecule has 0 aliphatic carbocycles. The predicted octanol–water partition coefficient (Wildman–Crippen LogP) is 7.16. The minimum Gasteiger partial charge on any atom is -0.467 e. The van der Waals surface area contributed by atoms with Crippen molar-refractivity contribution in [3.63, 3.8) is 0 Å². The van der Waals surface area contributed by atoms with E-state index in [0.29, 0.717) is 58.0 Å². The standard InChI is InChI=1S/C46H57N3O6S/c1-55-46(54)40-22-14-23-42-49(40)44(52)38(26-28-56-42)31-41(50)36(29-33-15-6-2-7-16-33)24-25-37(30-34-17-8-3-9-18-34)43(51)47-39-21-12-5-13-27-48(45(39)53)32-35-19-10-4-11-20-35/h2-4,6-11,15-20,36-40,42H,5,12-14,21-32H2,1H3,(H,47,51)/t36-,37-,38-,39?,40+,42+/m1/s1. The number of amides is 3. The van der Waals surface area contributed by atoms with Gasteiger partial charge in [-0.2, -0.15) is 0 Å².